The minimum Gasteiger partial charge on any atom is -0.339 e. The number of hydrogen-bond acceptors (Lipinski definition) is 2. The first kappa shape index (κ1) is 19.2. The van der Waals surface area contributed by atoms with Crippen LogP contribution < -0.4 is 0 Å². The van der Waals surface area contributed by atoms with Crippen molar-refractivity contribution in [1.82, 2.24) is 14.7 Å². The standard InChI is InChI=1S/C19H28FN3O2/c1-4-21(5-2)19(25)23-12-10-22(11-13-23)18(24)15(3)14-16-8-6-7-9-17(16)20/h6-9,15H,4-5,10-14H2,1-3H3. The molecular weight excluding hydrogens is 321 g/mol. The predicted molar refractivity (Wildman–Crippen MR) is 95.7 cm³/mol. The lowest BCUT2D eigenvalue weighted by atomic mass is 9.99. The summed E-state index contributed by atoms with van der Waals surface area (Å²) in [5.41, 5.74) is 0.568. The molecular formula is C19H28FN3O2. The SMILES string of the molecule is CCN(CC)C(=O)N1CCN(C(=O)C(C)Cc2ccccc2F)CC1. The third-order valence-electron chi connectivity index (χ3n) is 4.80. The van der Waals surface area contributed by atoms with Crippen LogP contribution in [-0.4, -0.2) is 65.9 Å². The molecule has 2 rings (SSSR count). The number of halogens is 1. The van der Waals surface area contributed by atoms with E-state index in [2.05, 4.69) is 0 Å². The van der Waals surface area contributed by atoms with E-state index in [0.29, 0.717) is 51.3 Å². The Bertz CT molecular complexity index is 596. The molecule has 1 aliphatic heterocycles. The van der Waals surface area contributed by atoms with Crippen LogP contribution in [0.15, 0.2) is 24.3 Å². The zero-order valence-electron chi connectivity index (χ0n) is 15.4. The number of carbonyl (C=O) groups is 2. The average molecular weight is 349 g/mol. The summed E-state index contributed by atoms with van der Waals surface area (Å²) >= 11 is 0. The summed E-state index contributed by atoms with van der Waals surface area (Å²) in [7, 11) is 0. The van der Waals surface area contributed by atoms with Crippen LogP contribution in [0.2, 0.25) is 0 Å². The van der Waals surface area contributed by atoms with E-state index in [1.165, 1.54) is 6.07 Å². The summed E-state index contributed by atoms with van der Waals surface area (Å²) in [6.45, 7) is 9.31. The number of piperazine rings is 1. The molecule has 25 heavy (non-hydrogen) atoms. The molecule has 0 saturated carbocycles. The Morgan fingerprint density at radius 1 is 1.08 bits per heavy atom. The largest absolute Gasteiger partial charge is 0.339 e. The molecule has 0 radical (unpaired) electrons. The number of urea groups is 1. The minimum absolute atomic E-state index is 0.0261. The van der Waals surface area contributed by atoms with Crippen LogP contribution in [0, 0.1) is 11.7 Å². The number of nitrogens with zero attached hydrogens (tertiary/aromatic N) is 3. The normalized spacial score (nSPS) is 15.8. The van der Waals surface area contributed by atoms with Gasteiger partial charge in [-0.15, -0.1) is 0 Å². The molecule has 1 unspecified atom stereocenters. The highest BCUT2D eigenvalue weighted by Crippen LogP contribution is 2.16. The van der Waals surface area contributed by atoms with Gasteiger partial charge in [0.2, 0.25) is 5.91 Å². The number of amides is 3. The van der Waals surface area contributed by atoms with E-state index in [1.54, 1.807) is 32.9 Å². The lowest BCUT2D eigenvalue weighted by Crippen LogP contribution is -2.54. The van der Waals surface area contributed by atoms with Crippen LogP contribution in [0.5, 0.6) is 0 Å². The summed E-state index contributed by atoms with van der Waals surface area (Å²) in [6.07, 6.45) is 0.393. The lowest BCUT2D eigenvalue weighted by Gasteiger charge is -2.38. The van der Waals surface area contributed by atoms with Gasteiger partial charge in [-0.2, -0.15) is 0 Å². The van der Waals surface area contributed by atoms with Crippen molar-refractivity contribution >= 4 is 11.9 Å². The third kappa shape index (κ3) is 4.71. The highest BCUT2D eigenvalue weighted by molar-refractivity contribution is 5.79. The fourth-order valence-electron chi connectivity index (χ4n) is 3.21. The zero-order chi connectivity index (χ0) is 18.4. The van der Waals surface area contributed by atoms with Gasteiger partial charge in [-0.05, 0) is 31.9 Å². The molecule has 1 heterocycles. The fraction of sp³-hybridized carbons (Fsp3) is 0.579. The number of hydrogen-bond donors (Lipinski definition) is 0. The molecule has 0 spiro atoms. The molecule has 1 aromatic rings. The first-order chi connectivity index (χ1) is 12.0. The second kappa shape index (κ2) is 8.83. The van der Waals surface area contributed by atoms with Crippen LogP contribution in [0.25, 0.3) is 0 Å². The van der Waals surface area contributed by atoms with E-state index in [9.17, 15) is 14.0 Å². The molecule has 5 nitrogen and oxygen atoms in total. The molecule has 1 saturated heterocycles. The van der Waals surface area contributed by atoms with Gasteiger partial charge in [-0.1, -0.05) is 25.1 Å². The Balaban J connectivity index is 1.88. The zero-order valence-corrected chi connectivity index (χ0v) is 15.4. The van der Waals surface area contributed by atoms with Crippen LogP contribution in [0.3, 0.4) is 0 Å². The van der Waals surface area contributed by atoms with E-state index >= 15 is 0 Å². The van der Waals surface area contributed by atoms with Gasteiger partial charge >= 0.3 is 6.03 Å². The monoisotopic (exact) mass is 349 g/mol. The van der Waals surface area contributed by atoms with Crippen LogP contribution in [-0.2, 0) is 11.2 Å². The van der Waals surface area contributed by atoms with Gasteiger partial charge in [-0.3, -0.25) is 4.79 Å². The molecule has 1 atom stereocenters. The highest BCUT2D eigenvalue weighted by Gasteiger charge is 2.28. The van der Waals surface area contributed by atoms with Crippen molar-refractivity contribution < 1.29 is 14.0 Å². The van der Waals surface area contributed by atoms with Gasteiger partial charge in [0, 0.05) is 45.2 Å². The summed E-state index contributed by atoms with van der Waals surface area (Å²) in [5, 5.41) is 0. The molecule has 1 fully saturated rings. The van der Waals surface area contributed by atoms with Crippen molar-refractivity contribution in [3.8, 4) is 0 Å². The molecule has 0 aliphatic carbocycles. The van der Waals surface area contributed by atoms with Crippen molar-refractivity contribution in [2.24, 2.45) is 5.92 Å². The van der Waals surface area contributed by atoms with E-state index in [4.69, 9.17) is 0 Å². The second-order valence-electron chi connectivity index (χ2n) is 6.46. The molecule has 138 valence electrons. The van der Waals surface area contributed by atoms with Crippen LogP contribution in [0.4, 0.5) is 9.18 Å². The van der Waals surface area contributed by atoms with E-state index in [-0.39, 0.29) is 23.7 Å². The summed E-state index contributed by atoms with van der Waals surface area (Å²) in [4.78, 5) is 30.4. The van der Waals surface area contributed by atoms with Crippen molar-refractivity contribution in [2.75, 3.05) is 39.3 Å². The Labute approximate surface area is 149 Å². The Morgan fingerprint density at radius 2 is 1.64 bits per heavy atom. The molecule has 1 aromatic carbocycles. The maximum absolute atomic E-state index is 13.8. The second-order valence-corrected chi connectivity index (χ2v) is 6.46. The summed E-state index contributed by atoms with van der Waals surface area (Å²) in [5.74, 6) is -0.517. The molecule has 0 N–H and O–H groups in total. The predicted octanol–water partition coefficient (Wildman–Crippen LogP) is 2.61. The first-order valence-corrected chi connectivity index (χ1v) is 9.03. The minimum atomic E-state index is -0.276. The summed E-state index contributed by atoms with van der Waals surface area (Å²) in [6, 6.07) is 6.62. The Hall–Kier alpha value is -2.11. The number of rotatable bonds is 5. The van der Waals surface area contributed by atoms with E-state index in [1.807, 2.05) is 20.8 Å². The molecule has 3 amide bonds. The average Bonchev–Trinajstić information content (AvgIpc) is 2.64. The Morgan fingerprint density at radius 3 is 2.20 bits per heavy atom. The van der Waals surface area contributed by atoms with Gasteiger partial charge in [0.1, 0.15) is 5.82 Å². The molecule has 0 bridgehead atoms. The van der Waals surface area contributed by atoms with Crippen molar-refractivity contribution in [3.05, 3.63) is 35.6 Å². The van der Waals surface area contributed by atoms with Crippen molar-refractivity contribution in [2.45, 2.75) is 27.2 Å². The Kier molecular flexibility index (Phi) is 6.79. The third-order valence-corrected chi connectivity index (χ3v) is 4.80. The van der Waals surface area contributed by atoms with Crippen LogP contribution >= 0.6 is 0 Å². The van der Waals surface area contributed by atoms with E-state index < -0.39 is 0 Å². The first-order valence-electron chi connectivity index (χ1n) is 9.03. The maximum Gasteiger partial charge on any atom is 0.320 e. The number of carbonyl (C=O) groups excluding carboxylic acids is 2. The topological polar surface area (TPSA) is 43.9 Å². The molecule has 6 heteroatoms. The van der Waals surface area contributed by atoms with Gasteiger partial charge in [0.15, 0.2) is 0 Å². The highest BCUT2D eigenvalue weighted by atomic mass is 19.1. The van der Waals surface area contributed by atoms with Gasteiger partial charge in [0.25, 0.3) is 0 Å². The van der Waals surface area contributed by atoms with Gasteiger partial charge in [-0.25, -0.2) is 9.18 Å². The molecule has 0 aromatic heterocycles. The van der Waals surface area contributed by atoms with E-state index in [0.717, 1.165) is 0 Å². The fourth-order valence-corrected chi connectivity index (χ4v) is 3.21. The van der Waals surface area contributed by atoms with Gasteiger partial charge < -0.3 is 14.7 Å². The van der Waals surface area contributed by atoms with Crippen molar-refractivity contribution in [3.63, 3.8) is 0 Å². The van der Waals surface area contributed by atoms with Gasteiger partial charge in [0.05, 0.1) is 0 Å². The maximum atomic E-state index is 13.8. The quantitative estimate of drug-likeness (QED) is 0.820. The molecule has 1 aliphatic rings. The number of benzene rings is 1. The smallest absolute Gasteiger partial charge is 0.320 e. The van der Waals surface area contributed by atoms with Crippen LogP contribution in [0.1, 0.15) is 26.3 Å². The van der Waals surface area contributed by atoms with Crippen molar-refractivity contribution in [1.29, 1.82) is 0 Å². The lowest BCUT2D eigenvalue weighted by molar-refractivity contribution is -0.136. The summed E-state index contributed by atoms with van der Waals surface area (Å²) < 4.78 is 13.8.